The number of ether oxygens (including phenoxy) is 2. The minimum absolute atomic E-state index is 0.00705. The van der Waals surface area contributed by atoms with Crippen molar-refractivity contribution in [3.05, 3.63) is 11.6 Å². The zero-order chi connectivity index (χ0) is 30.7. The van der Waals surface area contributed by atoms with Crippen LogP contribution in [-0.2, 0) is 34.3 Å². The lowest BCUT2D eigenvalue weighted by Gasteiger charge is -2.44. The van der Waals surface area contributed by atoms with Crippen LogP contribution in [0.1, 0.15) is 93.2 Å². The molecule has 0 fully saturated rings. The maximum Gasteiger partial charge on any atom is 0.252 e. The third-order valence-electron chi connectivity index (χ3n) is 8.19. The molecule has 0 saturated heterocycles. The second-order valence-corrected chi connectivity index (χ2v) is 17.0. The summed E-state index contributed by atoms with van der Waals surface area (Å²) in [5.74, 6) is -0.383. The largest absolute Gasteiger partial charge is 0.385 e. The third-order valence-corrected chi connectivity index (χ3v) is 13.8. The van der Waals surface area contributed by atoms with Crippen molar-refractivity contribution in [2.24, 2.45) is 5.41 Å². The van der Waals surface area contributed by atoms with Crippen molar-refractivity contribution >= 4 is 37.2 Å². The van der Waals surface area contributed by atoms with Crippen LogP contribution in [0.15, 0.2) is 14.5 Å². The molecule has 2 N–H and O–H groups in total. The third kappa shape index (κ3) is 7.34. The highest BCUT2D eigenvalue weighted by molar-refractivity contribution is 7.94. The summed E-state index contributed by atoms with van der Waals surface area (Å²) in [5, 5.41) is 3.28. The number of hydrogen-bond donors (Lipinski definition) is 2. The maximum absolute atomic E-state index is 13.7. The summed E-state index contributed by atoms with van der Waals surface area (Å²) in [5.41, 5.74) is -1.88. The van der Waals surface area contributed by atoms with Crippen LogP contribution in [0.5, 0.6) is 0 Å². The smallest absolute Gasteiger partial charge is 0.252 e. The molecule has 10 nitrogen and oxygen atoms in total. The molecule has 0 radical (unpaired) electrons. The first-order valence-corrected chi connectivity index (χ1v) is 17.7. The molecular weight excluding hydrogens is 575 g/mol. The number of nitrogens with one attached hydrogen (secondary N) is 2. The highest BCUT2D eigenvalue weighted by Crippen LogP contribution is 2.41. The molecule has 40 heavy (non-hydrogen) atoms. The highest BCUT2D eigenvalue weighted by atomic mass is 32.3. The number of carbonyl (C=O) groups excluding carboxylic acids is 1. The molecule has 0 bridgehead atoms. The Labute approximate surface area is 245 Å². The van der Waals surface area contributed by atoms with Gasteiger partial charge in [-0.3, -0.25) is 4.79 Å². The summed E-state index contributed by atoms with van der Waals surface area (Å²) < 4.78 is 69.5. The summed E-state index contributed by atoms with van der Waals surface area (Å²) in [6.45, 7) is 18.4. The van der Waals surface area contributed by atoms with Crippen LogP contribution >= 0.6 is 11.3 Å². The minimum Gasteiger partial charge on any atom is -0.385 e. The van der Waals surface area contributed by atoms with Gasteiger partial charge in [0.05, 0.1) is 11.1 Å². The normalized spacial score (nSPS) is 21.8. The van der Waals surface area contributed by atoms with E-state index >= 15 is 0 Å². The average molecular weight is 624 g/mol. The number of thiophene rings is 1. The summed E-state index contributed by atoms with van der Waals surface area (Å²) >= 11 is 0.716. The number of nitrogens with zero attached hydrogens (tertiary/aromatic N) is 1. The van der Waals surface area contributed by atoms with Gasteiger partial charge in [-0.2, -0.15) is 9.03 Å². The van der Waals surface area contributed by atoms with Crippen molar-refractivity contribution in [3.8, 4) is 0 Å². The Morgan fingerprint density at radius 2 is 1.80 bits per heavy atom. The molecule has 0 aliphatic carbocycles. The number of carbonyl (C=O) groups is 1. The van der Waals surface area contributed by atoms with E-state index in [1.165, 1.54) is 10.4 Å². The van der Waals surface area contributed by atoms with Gasteiger partial charge < -0.3 is 14.8 Å². The van der Waals surface area contributed by atoms with E-state index < -0.39 is 37.3 Å². The second kappa shape index (κ2) is 13.2. The second-order valence-electron chi connectivity index (χ2n) is 11.9. The van der Waals surface area contributed by atoms with Crippen molar-refractivity contribution in [1.82, 2.24) is 14.3 Å². The molecule has 0 saturated carbocycles. The zero-order valence-electron chi connectivity index (χ0n) is 25.7. The fraction of sp³-hybridized carbons (Fsp3) is 0.815. The number of hydrogen-bond acceptors (Lipinski definition) is 9. The lowest BCUT2D eigenvalue weighted by atomic mass is 9.75. The number of methoxy groups -OCH3 is 1. The molecule has 1 aliphatic rings. The minimum atomic E-state index is -4.25. The van der Waals surface area contributed by atoms with Crippen LogP contribution in [0.2, 0.25) is 0 Å². The van der Waals surface area contributed by atoms with Crippen molar-refractivity contribution < 1.29 is 31.1 Å². The fourth-order valence-electron chi connectivity index (χ4n) is 4.80. The number of sulfonamides is 2. The first-order chi connectivity index (χ1) is 18.3. The van der Waals surface area contributed by atoms with Gasteiger partial charge in [-0.25, -0.2) is 16.8 Å². The van der Waals surface area contributed by atoms with Gasteiger partial charge in [0.2, 0.25) is 0 Å². The van der Waals surface area contributed by atoms with Crippen LogP contribution in [0, 0.1) is 5.41 Å². The molecule has 2 rings (SSSR count). The zero-order valence-corrected chi connectivity index (χ0v) is 28.2. The maximum atomic E-state index is 13.7. The summed E-state index contributed by atoms with van der Waals surface area (Å²) in [4.78, 5) is 13.7. The molecule has 4 atom stereocenters. The molecule has 232 valence electrons. The highest BCUT2D eigenvalue weighted by Gasteiger charge is 2.45. The molecule has 2 heterocycles. The summed E-state index contributed by atoms with van der Waals surface area (Å²) in [6, 6.07) is 1.07. The molecular formula is C27H49N3O7S3. The van der Waals surface area contributed by atoms with Crippen LogP contribution in [0.25, 0.3) is 0 Å². The van der Waals surface area contributed by atoms with Crippen molar-refractivity contribution in [2.45, 2.75) is 113 Å². The van der Waals surface area contributed by atoms with E-state index in [4.69, 9.17) is 9.47 Å². The molecule has 13 heteroatoms. The summed E-state index contributed by atoms with van der Waals surface area (Å²) in [6.07, 6.45) is 0.514. The predicted octanol–water partition coefficient (Wildman–Crippen LogP) is 4.08. The van der Waals surface area contributed by atoms with Crippen LogP contribution < -0.4 is 10.0 Å². The van der Waals surface area contributed by atoms with E-state index in [1.54, 1.807) is 27.9 Å². The Kier molecular flexibility index (Phi) is 11.6. The molecule has 0 spiro atoms. The number of rotatable bonds is 15. The SMILES string of the molecule is CCN[C@H]1CN(CCCOC)S(=O)(=O)c2sc(S(=O)(=O)NC(C)(CC)C(=O)[C@H](C)OC(C)(CC)C(C)(C)C)cc21. The first-order valence-electron chi connectivity index (χ1n) is 14.0. The molecule has 1 aromatic heterocycles. The predicted molar refractivity (Wildman–Crippen MR) is 159 cm³/mol. The average Bonchev–Trinajstić information content (AvgIpc) is 3.33. The standard InChI is InChI=1S/C27H49N3O7S3/c1-11-26(8,23(31)19(4)37-27(9,12-2)25(5,6)7)29-39(32,33)22-17-20-21(28-13-3)18-30(15-14-16-36-10)40(34,35)24(20)38-22/h17,19,21,28-29H,11-16,18H2,1-10H3/t19-,21-,26?,27?/m0/s1. The Bertz CT molecular complexity index is 1240. The fourth-order valence-corrected chi connectivity index (χ4v) is 10.1. The van der Waals surface area contributed by atoms with E-state index in [1.807, 2.05) is 41.5 Å². The van der Waals surface area contributed by atoms with Gasteiger partial charge in [0, 0.05) is 38.4 Å². The Balaban J connectivity index is 2.42. The topological polar surface area (TPSA) is 131 Å². The Morgan fingerprint density at radius 3 is 2.30 bits per heavy atom. The van der Waals surface area contributed by atoms with Gasteiger partial charge in [-0.15, -0.1) is 11.3 Å². The van der Waals surface area contributed by atoms with Gasteiger partial charge in [0.1, 0.15) is 14.5 Å². The van der Waals surface area contributed by atoms with E-state index in [-0.39, 0.29) is 45.2 Å². The van der Waals surface area contributed by atoms with Crippen molar-refractivity contribution in [1.29, 1.82) is 0 Å². The molecule has 2 unspecified atom stereocenters. The molecule has 0 amide bonds. The van der Waals surface area contributed by atoms with Gasteiger partial charge in [-0.1, -0.05) is 41.5 Å². The number of likely N-dealkylation sites (N-methyl/N-ethyl adjacent to an activating group) is 1. The van der Waals surface area contributed by atoms with E-state index in [0.29, 0.717) is 42.9 Å². The van der Waals surface area contributed by atoms with Gasteiger partial charge in [0.15, 0.2) is 5.78 Å². The van der Waals surface area contributed by atoms with Crippen LogP contribution in [-0.4, -0.2) is 77.5 Å². The van der Waals surface area contributed by atoms with Crippen LogP contribution in [0.4, 0.5) is 0 Å². The monoisotopic (exact) mass is 623 g/mol. The van der Waals surface area contributed by atoms with Gasteiger partial charge >= 0.3 is 0 Å². The number of Topliss-reactive ketones (excluding diaryl/α,β-unsaturated/α-hetero) is 1. The van der Waals surface area contributed by atoms with E-state index in [0.717, 1.165) is 0 Å². The van der Waals surface area contributed by atoms with Gasteiger partial charge in [0.25, 0.3) is 20.0 Å². The lowest BCUT2D eigenvalue weighted by Crippen LogP contribution is -2.57. The number of fused-ring (bicyclic) bond motifs is 1. The van der Waals surface area contributed by atoms with E-state index in [9.17, 15) is 21.6 Å². The van der Waals surface area contributed by atoms with E-state index in [2.05, 4.69) is 10.0 Å². The number of ketones is 1. The molecule has 1 aliphatic heterocycles. The first kappa shape index (κ1) is 35.3. The molecule has 0 aromatic carbocycles. The van der Waals surface area contributed by atoms with Crippen molar-refractivity contribution in [3.63, 3.8) is 0 Å². The Morgan fingerprint density at radius 1 is 1.18 bits per heavy atom. The van der Waals surface area contributed by atoms with Gasteiger partial charge in [-0.05, 0) is 58.1 Å². The lowest BCUT2D eigenvalue weighted by molar-refractivity contribution is -0.164. The molecule has 1 aromatic rings. The quantitative estimate of drug-likeness (QED) is 0.280. The van der Waals surface area contributed by atoms with Crippen molar-refractivity contribution in [2.75, 3.05) is 33.4 Å². The summed E-state index contributed by atoms with van der Waals surface area (Å²) in [7, 11) is -6.58. The Hall–Kier alpha value is -0.930. The van der Waals surface area contributed by atoms with Crippen LogP contribution in [0.3, 0.4) is 0 Å².